The van der Waals surface area contributed by atoms with E-state index >= 15 is 0 Å². The maximum Gasteiger partial charge on any atom is 0.374 e. The van der Waals surface area contributed by atoms with Crippen LogP contribution in [-0.2, 0) is 11.2 Å². The number of hydrogen-bond acceptors (Lipinski definition) is 2. The minimum Gasteiger partial charge on any atom is -0.477 e. The summed E-state index contributed by atoms with van der Waals surface area (Å²) in [7, 11) is 0. The summed E-state index contributed by atoms with van der Waals surface area (Å²) in [5, 5.41) is 8.15. The lowest BCUT2D eigenvalue weighted by molar-refractivity contribution is -0.164. The van der Waals surface area contributed by atoms with E-state index in [9.17, 15) is 13.6 Å². The van der Waals surface area contributed by atoms with Crippen LogP contribution in [0.25, 0.3) is 0 Å². The highest BCUT2D eigenvalue weighted by Gasteiger charge is 2.39. The number of hydrogen-bond donors (Lipinski definition) is 1. The number of pyridine rings is 1. The maximum absolute atomic E-state index is 12.8. The van der Waals surface area contributed by atoms with Gasteiger partial charge in [-0.3, -0.25) is 0 Å². The van der Waals surface area contributed by atoms with Crippen molar-refractivity contribution in [3.05, 3.63) is 28.5 Å². The molecule has 1 aromatic rings. The molecule has 0 aliphatic rings. The van der Waals surface area contributed by atoms with Crippen molar-refractivity contribution < 1.29 is 18.7 Å². The monoisotopic (exact) mass is 235 g/mol. The van der Waals surface area contributed by atoms with Crippen molar-refractivity contribution in [2.75, 3.05) is 0 Å². The third-order valence-corrected chi connectivity index (χ3v) is 2.12. The molecule has 3 nitrogen and oxygen atoms in total. The number of rotatable bonds is 3. The van der Waals surface area contributed by atoms with Crippen LogP contribution >= 0.6 is 11.6 Å². The van der Waals surface area contributed by atoms with E-state index in [1.165, 1.54) is 12.1 Å². The number of halogens is 3. The highest BCUT2D eigenvalue weighted by Crippen LogP contribution is 2.24. The standard InChI is InChI=1S/C9H8ClF2NO2/c1-5-2-3-6(7(10)13-5)4-9(11,12)8(14)15/h2-3H,4H2,1H3,(H,14,15). The summed E-state index contributed by atoms with van der Waals surface area (Å²) in [6.07, 6.45) is -0.950. The zero-order valence-electron chi connectivity index (χ0n) is 7.80. The molecule has 0 aromatic carbocycles. The molecule has 0 aliphatic heterocycles. The number of aliphatic carboxylic acids is 1. The molecule has 15 heavy (non-hydrogen) atoms. The van der Waals surface area contributed by atoms with Crippen molar-refractivity contribution in [3.8, 4) is 0 Å². The number of aromatic nitrogens is 1. The van der Waals surface area contributed by atoms with E-state index in [1.54, 1.807) is 6.92 Å². The Balaban J connectivity index is 2.95. The third-order valence-electron chi connectivity index (χ3n) is 1.79. The van der Waals surface area contributed by atoms with Gasteiger partial charge in [-0.25, -0.2) is 9.78 Å². The third kappa shape index (κ3) is 2.86. The van der Waals surface area contributed by atoms with Gasteiger partial charge in [-0.1, -0.05) is 17.7 Å². The van der Waals surface area contributed by atoms with Crippen molar-refractivity contribution >= 4 is 17.6 Å². The van der Waals surface area contributed by atoms with Crippen molar-refractivity contribution in [1.82, 2.24) is 4.98 Å². The van der Waals surface area contributed by atoms with Crippen LogP contribution in [0.4, 0.5) is 8.78 Å². The predicted octanol–water partition coefficient (Wildman–Crippen LogP) is 2.31. The van der Waals surface area contributed by atoms with Gasteiger partial charge in [-0.2, -0.15) is 8.78 Å². The summed E-state index contributed by atoms with van der Waals surface area (Å²) in [5.41, 5.74) is 0.608. The average molecular weight is 236 g/mol. The fourth-order valence-electron chi connectivity index (χ4n) is 1.00. The minimum absolute atomic E-state index is 0.0228. The average Bonchev–Trinajstić information content (AvgIpc) is 2.09. The normalized spacial score (nSPS) is 11.5. The quantitative estimate of drug-likeness (QED) is 0.818. The Bertz CT molecular complexity index is 396. The Labute approximate surface area is 89.7 Å². The smallest absolute Gasteiger partial charge is 0.374 e. The Morgan fingerprint density at radius 3 is 2.67 bits per heavy atom. The highest BCUT2D eigenvalue weighted by atomic mass is 35.5. The van der Waals surface area contributed by atoms with Crippen LogP contribution in [0.15, 0.2) is 12.1 Å². The molecule has 0 unspecified atom stereocenters. The highest BCUT2D eigenvalue weighted by molar-refractivity contribution is 6.30. The van der Waals surface area contributed by atoms with Crippen LogP contribution in [0.3, 0.4) is 0 Å². The zero-order chi connectivity index (χ0) is 11.6. The molecule has 0 aliphatic carbocycles. The molecule has 0 atom stereocenters. The summed E-state index contributed by atoms with van der Waals surface area (Å²) >= 11 is 5.60. The second-order valence-electron chi connectivity index (χ2n) is 3.09. The fraction of sp³-hybridized carbons (Fsp3) is 0.333. The van der Waals surface area contributed by atoms with E-state index in [-0.39, 0.29) is 10.7 Å². The van der Waals surface area contributed by atoms with Gasteiger partial charge in [-0.05, 0) is 18.6 Å². The van der Waals surface area contributed by atoms with Gasteiger partial charge in [0.1, 0.15) is 5.15 Å². The minimum atomic E-state index is -3.82. The number of carbonyl (C=O) groups is 1. The molecule has 0 spiro atoms. The molecule has 82 valence electrons. The lowest BCUT2D eigenvalue weighted by Gasteiger charge is -2.11. The topological polar surface area (TPSA) is 50.2 Å². The number of alkyl halides is 2. The fourth-order valence-corrected chi connectivity index (χ4v) is 1.26. The summed E-state index contributed by atoms with van der Waals surface area (Å²) in [6, 6.07) is 2.85. The van der Waals surface area contributed by atoms with E-state index in [4.69, 9.17) is 16.7 Å². The van der Waals surface area contributed by atoms with Gasteiger partial charge in [0.05, 0.1) is 6.42 Å². The largest absolute Gasteiger partial charge is 0.477 e. The van der Waals surface area contributed by atoms with E-state index in [0.717, 1.165) is 0 Å². The molecule has 1 heterocycles. The van der Waals surface area contributed by atoms with E-state index in [1.807, 2.05) is 0 Å². The van der Waals surface area contributed by atoms with Gasteiger partial charge in [0.15, 0.2) is 0 Å². The van der Waals surface area contributed by atoms with Gasteiger partial charge in [0, 0.05) is 5.69 Å². The van der Waals surface area contributed by atoms with Gasteiger partial charge in [-0.15, -0.1) is 0 Å². The molecule has 0 radical (unpaired) electrons. The Morgan fingerprint density at radius 1 is 1.60 bits per heavy atom. The first kappa shape index (κ1) is 11.8. The van der Waals surface area contributed by atoms with Gasteiger partial charge < -0.3 is 5.11 Å². The Hall–Kier alpha value is -1.23. The molecule has 0 amide bonds. The predicted molar refractivity (Wildman–Crippen MR) is 50.3 cm³/mol. The van der Waals surface area contributed by atoms with E-state index < -0.39 is 18.3 Å². The molecule has 6 heteroatoms. The van der Waals surface area contributed by atoms with Crippen molar-refractivity contribution in [3.63, 3.8) is 0 Å². The number of nitrogens with zero attached hydrogens (tertiary/aromatic N) is 1. The first-order valence-electron chi connectivity index (χ1n) is 4.06. The number of carboxylic acid groups (broad SMARTS) is 1. The van der Waals surface area contributed by atoms with Crippen LogP contribution < -0.4 is 0 Å². The summed E-state index contributed by atoms with van der Waals surface area (Å²) in [4.78, 5) is 13.9. The molecule has 0 saturated heterocycles. The maximum atomic E-state index is 12.8. The molecule has 1 N–H and O–H groups in total. The molecule has 1 aromatic heterocycles. The van der Waals surface area contributed by atoms with Crippen LogP contribution in [0.2, 0.25) is 5.15 Å². The van der Waals surface area contributed by atoms with Crippen molar-refractivity contribution in [2.45, 2.75) is 19.3 Å². The van der Waals surface area contributed by atoms with Gasteiger partial charge in [0.2, 0.25) is 0 Å². The molecule has 0 saturated carbocycles. The van der Waals surface area contributed by atoms with Gasteiger partial charge >= 0.3 is 11.9 Å². The lowest BCUT2D eigenvalue weighted by Crippen LogP contribution is -2.30. The molecular weight excluding hydrogens is 228 g/mol. The number of aryl methyl sites for hydroxylation is 1. The Kier molecular flexibility index (Phi) is 3.24. The van der Waals surface area contributed by atoms with Gasteiger partial charge in [0.25, 0.3) is 0 Å². The van der Waals surface area contributed by atoms with Crippen molar-refractivity contribution in [2.24, 2.45) is 0 Å². The molecule has 0 fully saturated rings. The van der Waals surface area contributed by atoms with E-state index in [2.05, 4.69) is 4.98 Å². The summed E-state index contributed by atoms with van der Waals surface area (Å²) in [6.45, 7) is 1.66. The molecular formula is C9H8ClF2NO2. The molecule has 0 bridgehead atoms. The summed E-state index contributed by atoms with van der Waals surface area (Å²) in [5.74, 6) is -5.99. The Morgan fingerprint density at radius 2 is 2.20 bits per heavy atom. The molecule has 1 rings (SSSR count). The lowest BCUT2D eigenvalue weighted by atomic mass is 10.1. The number of carboxylic acids is 1. The van der Waals surface area contributed by atoms with Crippen molar-refractivity contribution in [1.29, 1.82) is 0 Å². The first-order chi connectivity index (χ1) is 6.83. The van der Waals surface area contributed by atoms with Crippen LogP contribution in [0.1, 0.15) is 11.3 Å². The zero-order valence-corrected chi connectivity index (χ0v) is 8.55. The van der Waals surface area contributed by atoms with Crippen LogP contribution in [0.5, 0.6) is 0 Å². The van der Waals surface area contributed by atoms with Crippen LogP contribution in [0, 0.1) is 6.92 Å². The second kappa shape index (κ2) is 4.10. The summed E-state index contributed by atoms with van der Waals surface area (Å²) < 4.78 is 25.7. The van der Waals surface area contributed by atoms with E-state index in [0.29, 0.717) is 5.69 Å². The SMILES string of the molecule is Cc1ccc(CC(F)(F)C(=O)O)c(Cl)n1. The first-order valence-corrected chi connectivity index (χ1v) is 4.44. The van der Waals surface area contributed by atoms with Crippen LogP contribution in [-0.4, -0.2) is 22.0 Å². The second-order valence-corrected chi connectivity index (χ2v) is 3.45.